The van der Waals surface area contributed by atoms with Crippen LogP contribution in [0.2, 0.25) is 0 Å². The van der Waals surface area contributed by atoms with Crippen molar-refractivity contribution in [3.63, 3.8) is 0 Å². The summed E-state index contributed by atoms with van der Waals surface area (Å²) >= 11 is 0. The molecule has 0 spiro atoms. The highest BCUT2D eigenvalue weighted by Gasteiger charge is 2.36. The zero-order valence-electron chi connectivity index (χ0n) is 21.3. The molecule has 1 saturated carbocycles. The molecule has 2 fully saturated rings. The zero-order valence-corrected chi connectivity index (χ0v) is 22.1. The number of benzene rings is 3. The van der Waals surface area contributed by atoms with E-state index in [4.69, 9.17) is 4.74 Å². The summed E-state index contributed by atoms with van der Waals surface area (Å²) in [6, 6.07) is 24.4. The van der Waals surface area contributed by atoms with Crippen LogP contribution in [0.1, 0.15) is 36.0 Å². The van der Waals surface area contributed by atoms with Crippen molar-refractivity contribution >= 4 is 27.3 Å². The van der Waals surface area contributed by atoms with Gasteiger partial charge in [0.1, 0.15) is 11.9 Å². The number of carbonyl (C=O) groups excluding carboxylic acids is 1. The predicted octanol–water partition coefficient (Wildman–Crippen LogP) is 4.79. The highest BCUT2D eigenvalue weighted by molar-refractivity contribution is 7.89. The van der Waals surface area contributed by atoms with E-state index in [0.29, 0.717) is 5.56 Å². The first-order valence-electron chi connectivity index (χ1n) is 12.8. The normalized spacial score (nSPS) is 16.6. The third-order valence-electron chi connectivity index (χ3n) is 6.98. The van der Waals surface area contributed by atoms with E-state index in [1.54, 1.807) is 12.1 Å². The van der Waals surface area contributed by atoms with E-state index in [1.807, 2.05) is 53.4 Å². The molecule has 37 heavy (non-hydrogen) atoms. The van der Waals surface area contributed by atoms with E-state index in [1.165, 1.54) is 30.5 Å². The number of para-hydroxylation sites is 3. The Bertz CT molecular complexity index is 1330. The van der Waals surface area contributed by atoms with Crippen LogP contribution in [-0.4, -0.2) is 58.0 Å². The number of rotatable bonds is 8. The van der Waals surface area contributed by atoms with Crippen LogP contribution in [0.5, 0.6) is 5.75 Å². The minimum Gasteiger partial charge on any atom is -0.490 e. The van der Waals surface area contributed by atoms with Crippen molar-refractivity contribution in [3.05, 3.63) is 84.4 Å². The molecule has 2 aliphatic rings. The maximum atomic E-state index is 13.7. The summed E-state index contributed by atoms with van der Waals surface area (Å²) < 4.78 is 32.2. The molecule has 194 valence electrons. The number of piperidine rings is 1. The number of hydrogen-bond donors (Lipinski definition) is 0. The highest BCUT2D eigenvalue weighted by atomic mass is 32.2. The van der Waals surface area contributed by atoms with E-state index in [-0.39, 0.29) is 22.9 Å². The van der Waals surface area contributed by atoms with E-state index >= 15 is 0 Å². The van der Waals surface area contributed by atoms with Crippen LogP contribution in [0.4, 0.5) is 11.4 Å². The lowest BCUT2D eigenvalue weighted by Gasteiger charge is -2.36. The summed E-state index contributed by atoms with van der Waals surface area (Å²) in [6.07, 6.45) is 3.90. The second-order valence-corrected chi connectivity index (χ2v) is 12.0. The Morgan fingerprint density at radius 1 is 0.838 bits per heavy atom. The lowest BCUT2D eigenvalue weighted by atomic mass is 10.1. The molecule has 7 nitrogen and oxygen atoms in total. The lowest BCUT2D eigenvalue weighted by molar-refractivity contribution is 0.0985. The van der Waals surface area contributed by atoms with Crippen LogP contribution >= 0.6 is 0 Å². The summed E-state index contributed by atoms with van der Waals surface area (Å²) in [4.78, 5) is 18.2. The highest BCUT2D eigenvalue weighted by Crippen LogP contribution is 2.39. The second-order valence-electron chi connectivity index (χ2n) is 9.82. The average Bonchev–Trinajstić information content (AvgIpc) is 3.75. The van der Waals surface area contributed by atoms with Crippen LogP contribution in [0.3, 0.4) is 0 Å². The number of nitrogens with zero attached hydrogens (tertiary/aromatic N) is 3. The van der Waals surface area contributed by atoms with Gasteiger partial charge in [-0.1, -0.05) is 30.3 Å². The van der Waals surface area contributed by atoms with Crippen LogP contribution in [0.15, 0.2) is 83.8 Å². The molecule has 1 heterocycles. The molecule has 1 amide bonds. The molecule has 3 aromatic carbocycles. The standard InChI is InChI=1S/C29H33N3O4S/c1-30(2)37(34,35)26-16-12-22(13-17-26)29(33)32(23-14-15-23)28-11-7-6-10-27(28)31-20-18-25(19-21-31)36-24-8-4-3-5-9-24/h3-13,16-17,23,25H,14-15,18-21H2,1-2H3. The molecule has 0 bridgehead atoms. The second kappa shape index (κ2) is 10.6. The Kier molecular flexibility index (Phi) is 7.22. The summed E-state index contributed by atoms with van der Waals surface area (Å²) in [7, 11) is -0.557. The third-order valence-corrected chi connectivity index (χ3v) is 8.81. The number of amides is 1. The van der Waals surface area contributed by atoms with Gasteiger partial charge >= 0.3 is 0 Å². The van der Waals surface area contributed by atoms with Gasteiger partial charge in [-0.15, -0.1) is 0 Å². The zero-order chi connectivity index (χ0) is 26.0. The molecule has 1 aliphatic carbocycles. The van der Waals surface area contributed by atoms with Crippen molar-refractivity contribution < 1.29 is 17.9 Å². The Morgan fingerprint density at radius 2 is 1.46 bits per heavy atom. The lowest BCUT2D eigenvalue weighted by Crippen LogP contribution is -2.40. The van der Waals surface area contributed by atoms with Crippen molar-refractivity contribution in [2.24, 2.45) is 0 Å². The maximum absolute atomic E-state index is 13.7. The fourth-order valence-corrected chi connectivity index (χ4v) is 5.67. The smallest absolute Gasteiger partial charge is 0.258 e. The van der Waals surface area contributed by atoms with Gasteiger partial charge in [0.25, 0.3) is 5.91 Å². The number of carbonyl (C=O) groups is 1. The number of sulfonamides is 1. The van der Waals surface area contributed by atoms with Crippen LogP contribution in [0.25, 0.3) is 0 Å². The molecule has 0 radical (unpaired) electrons. The van der Waals surface area contributed by atoms with Gasteiger partial charge in [0.2, 0.25) is 10.0 Å². The maximum Gasteiger partial charge on any atom is 0.258 e. The summed E-state index contributed by atoms with van der Waals surface area (Å²) in [5, 5.41) is 0. The molecule has 0 unspecified atom stereocenters. The molecule has 1 aliphatic heterocycles. The average molecular weight is 520 g/mol. The Morgan fingerprint density at radius 3 is 2.08 bits per heavy atom. The van der Waals surface area contributed by atoms with E-state index in [0.717, 1.165) is 55.9 Å². The van der Waals surface area contributed by atoms with Crippen LogP contribution < -0.4 is 14.5 Å². The SMILES string of the molecule is CN(C)S(=O)(=O)c1ccc(C(=O)N(c2ccccc2N2CCC(Oc3ccccc3)CC2)C2CC2)cc1. The van der Waals surface area contributed by atoms with E-state index in [9.17, 15) is 13.2 Å². The Hall–Kier alpha value is -3.36. The molecule has 0 N–H and O–H groups in total. The monoisotopic (exact) mass is 519 g/mol. The van der Waals surface area contributed by atoms with Crippen molar-refractivity contribution in [3.8, 4) is 5.75 Å². The molecular formula is C29H33N3O4S. The van der Waals surface area contributed by atoms with Gasteiger partial charge in [0.05, 0.1) is 16.3 Å². The van der Waals surface area contributed by atoms with Gasteiger partial charge in [-0.05, 0) is 61.4 Å². The number of ether oxygens (including phenoxy) is 1. The quantitative estimate of drug-likeness (QED) is 0.428. The minimum atomic E-state index is -3.55. The van der Waals surface area contributed by atoms with E-state index < -0.39 is 10.0 Å². The Balaban J connectivity index is 1.34. The summed E-state index contributed by atoms with van der Waals surface area (Å²) in [5.41, 5.74) is 2.43. The summed E-state index contributed by atoms with van der Waals surface area (Å²) in [5.74, 6) is 0.794. The molecule has 5 rings (SSSR count). The largest absolute Gasteiger partial charge is 0.490 e. The predicted molar refractivity (Wildman–Crippen MR) is 146 cm³/mol. The van der Waals surface area contributed by atoms with Crippen LogP contribution in [0, 0.1) is 0 Å². The van der Waals surface area contributed by atoms with Crippen LogP contribution in [-0.2, 0) is 10.0 Å². The van der Waals surface area contributed by atoms with Crippen molar-refractivity contribution in [1.29, 1.82) is 0 Å². The molecule has 0 aromatic heterocycles. The van der Waals surface area contributed by atoms with Gasteiger partial charge in [-0.25, -0.2) is 12.7 Å². The van der Waals surface area contributed by atoms with Crippen molar-refractivity contribution in [1.82, 2.24) is 4.31 Å². The van der Waals surface area contributed by atoms with Gasteiger partial charge < -0.3 is 14.5 Å². The van der Waals surface area contributed by atoms with Gasteiger partial charge in [-0.2, -0.15) is 0 Å². The molecule has 8 heteroatoms. The first-order chi connectivity index (χ1) is 17.8. The Labute approximate surface area is 219 Å². The van der Waals surface area contributed by atoms with Gasteiger partial charge in [0.15, 0.2) is 0 Å². The molecule has 0 atom stereocenters. The van der Waals surface area contributed by atoms with E-state index in [2.05, 4.69) is 11.0 Å². The molecular weight excluding hydrogens is 486 g/mol. The first-order valence-corrected chi connectivity index (χ1v) is 14.2. The van der Waals surface area contributed by atoms with Gasteiger partial charge in [0, 0.05) is 51.6 Å². The fourth-order valence-electron chi connectivity index (χ4n) is 4.77. The number of hydrogen-bond acceptors (Lipinski definition) is 5. The number of anilines is 2. The fraction of sp³-hybridized carbons (Fsp3) is 0.345. The summed E-state index contributed by atoms with van der Waals surface area (Å²) in [6.45, 7) is 1.69. The molecule has 1 saturated heterocycles. The van der Waals surface area contributed by atoms with Crippen molar-refractivity contribution in [2.75, 3.05) is 37.0 Å². The molecule has 3 aromatic rings. The minimum absolute atomic E-state index is 0.106. The third kappa shape index (κ3) is 5.50. The van der Waals surface area contributed by atoms with Gasteiger partial charge in [-0.3, -0.25) is 4.79 Å². The first kappa shape index (κ1) is 25.3. The topological polar surface area (TPSA) is 70.2 Å². The van der Waals surface area contributed by atoms with Crippen molar-refractivity contribution in [2.45, 2.75) is 42.7 Å².